The highest BCUT2D eigenvalue weighted by molar-refractivity contribution is 6.06. The molecule has 0 bridgehead atoms. The van der Waals surface area contributed by atoms with E-state index in [2.05, 4.69) is 5.32 Å². The maximum Gasteiger partial charge on any atom is 0.252 e. The van der Waals surface area contributed by atoms with Crippen LogP contribution in [0, 0.1) is 5.82 Å². The number of ether oxygens (including phenoxy) is 1. The number of amides is 2. The van der Waals surface area contributed by atoms with Gasteiger partial charge in [0, 0.05) is 18.3 Å². The molecule has 1 heterocycles. The molecule has 0 aliphatic carbocycles. The molecule has 1 aliphatic heterocycles. The lowest BCUT2D eigenvalue weighted by atomic mass is 10.2. The van der Waals surface area contributed by atoms with E-state index < -0.39 is 11.9 Å². The van der Waals surface area contributed by atoms with Gasteiger partial charge in [-0.05, 0) is 19.1 Å². The molecule has 5 nitrogen and oxygen atoms in total. The Bertz CT molecular complexity index is 519. The number of nitrogens with one attached hydrogen (secondary N) is 1. The molecule has 0 aromatic heterocycles. The van der Waals surface area contributed by atoms with Crippen molar-refractivity contribution in [2.75, 3.05) is 19.0 Å². The van der Waals surface area contributed by atoms with Crippen LogP contribution in [0.1, 0.15) is 13.3 Å². The highest BCUT2D eigenvalue weighted by Gasteiger charge is 2.37. The van der Waals surface area contributed by atoms with Crippen LogP contribution in [0.5, 0.6) is 5.75 Å². The average molecular weight is 266 g/mol. The first kappa shape index (κ1) is 13.3. The number of imide groups is 1. The molecule has 1 atom stereocenters. The topological polar surface area (TPSA) is 58.6 Å². The lowest BCUT2D eigenvalue weighted by Gasteiger charge is -2.14. The van der Waals surface area contributed by atoms with Crippen molar-refractivity contribution in [3.05, 3.63) is 24.0 Å². The summed E-state index contributed by atoms with van der Waals surface area (Å²) in [5, 5.41) is 2.87. The molecule has 1 aliphatic rings. The molecule has 0 saturated carbocycles. The number of nitrogens with zero attached hydrogens (tertiary/aromatic N) is 1. The monoisotopic (exact) mass is 266 g/mol. The molecule has 1 aromatic carbocycles. The van der Waals surface area contributed by atoms with Crippen LogP contribution >= 0.6 is 0 Å². The summed E-state index contributed by atoms with van der Waals surface area (Å²) in [5.41, 5.74) is 0.447. The van der Waals surface area contributed by atoms with E-state index in [-0.39, 0.29) is 24.0 Å². The fourth-order valence-corrected chi connectivity index (χ4v) is 2.09. The number of hydrogen-bond donors (Lipinski definition) is 1. The zero-order valence-electron chi connectivity index (χ0n) is 10.8. The van der Waals surface area contributed by atoms with Crippen LogP contribution < -0.4 is 10.1 Å². The van der Waals surface area contributed by atoms with Crippen LogP contribution in [0.2, 0.25) is 0 Å². The SMILES string of the molecule is CCN1C(=O)CC(Nc2ccc(OC)c(F)c2)C1=O. The predicted octanol–water partition coefficient (Wildman–Crippen LogP) is 1.39. The predicted molar refractivity (Wildman–Crippen MR) is 67.4 cm³/mol. The van der Waals surface area contributed by atoms with Crippen LogP contribution in [0.25, 0.3) is 0 Å². The Morgan fingerprint density at radius 2 is 2.21 bits per heavy atom. The summed E-state index contributed by atoms with van der Waals surface area (Å²) in [7, 11) is 1.38. The van der Waals surface area contributed by atoms with Gasteiger partial charge in [0.1, 0.15) is 6.04 Å². The summed E-state index contributed by atoms with van der Waals surface area (Å²) in [6.07, 6.45) is 0.0975. The van der Waals surface area contributed by atoms with Gasteiger partial charge in [-0.3, -0.25) is 14.5 Å². The van der Waals surface area contributed by atoms with Crippen LogP contribution in [0.4, 0.5) is 10.1 Å². The van der Waals surface area contributed by atoms with Gasteiger partial charge in [-0.15, -0.1) is 0 Å². The van der Waals surface area contributed by atoms with Gasteiger partial charge in [0.05, 0.1) is 13.5 Å². The number of carbonyl (C=O) groups excluding carboxylic acids is 2. The summed E-state index contributed by atoms with van der Waals surface area (Å²) in [4.78, 5) is 24.6. The summed E-state index contributed by atoms with van der Waals surface area (Å²) in [6.45, 7) is 2.10. The molecular weight excluding hydrogens is 251 g/mol. The fourth-order valence-electron chi connectivity index (χ4n) is 2.09. The van der Waals surface area contributed by atoms with E-state index in [1.54, 1.807) is 13.0 Å². The van der Waals surface area contributed by atoms with Gasteiger partial charge in [-0.1, -0.05) is 0 Å². The molecule has 2 amide bonds. The minimum Gasteiger partial charge on any atom is -0.494 e. The molecule has 6 heteroatoms. The zero-order chi connectivity index (χ0) is 14.0. The molecule has 0 radical (unpaired) electrons. The number of rotatable bonds is 4. The number of benzene rings is 1. The molecule has 19 heavy (non-hydrogen) atoms. The lowest BCUT2D eigenvalue weighted by molar-refractivity contribution is -0.138. The van der Waals surface area contributed by atoms with Gasteiger partial charge in [-0.2, -0.15) is 0 Å². The Morgan fingerprint density at radius 3 is 2.74 bits per heavy atom. The first-order chi connectivity index (χ1) is 9.06. The summed E-state index contributed by atoms with van der Waals surface area (Å²) < 4.78 is 18.3. The van der Waals surface area contributed by atoms with Gasteiger partial charge >= 0.3 is 0 Å². The van der Waals surface area contributed by atoms with Crippen molar-refractivity contribution in [2.24, 2.45) is 0 Å². The van der Waals surface area contributed by atoms with Crippen molar-refractivity contribution in [3.8, 4) is 5.75 Å². The Kier molecular flexibility index (Phi) is 3.69. The Hall–Kier alpha value is -2.11. The molecule has 1 aromatic rings. The third kappa shape index (κ3) is 2.52. The largest absolute Gasteiger partial charge is 0.494 e. The smallest absolute Gasteiger partial charge is 0.252 e. The molecular formula is C13H15FN2O3. The van der Waals surface area contributed by atoms with Crippen molar-refractivity contribution in [1.82, 2.24) is 4.90 Å². The summed E-state index contributed by atoms with van der Waals surface area (Å²) >= 11 is 0. The maximum absolute atomic E-state index is 13.5. The van der Waals surface area contributed by atoms with Crippen molar-refractivity contribution in [1.29, 1.82) is 0 Å². The van der Waals surface area contributed by atoms with Gasteiger partial charge in [-0.25, -0.2) is 4.39 Å². The fraction of sp³-hybridized carbons (Fsp3) is 0.385. The minimum absolute atomic E-state index is 0.0975. The molecule has 1 N–H and O–H groups in total. The molecule has 1 unspecified atom stereocenters. The number of methoxy groups -OCH3 is 1. The van der Waals surface area contributed by atoms with E-state index in [0.29, 0.717) is 12.2 Å². The standard InChI is InChI=1S/C13H15FN2O3/c1-3-16-12(17)7-10(13(16)18)15-8-4-5-11(19-2)9(14)6-8/h4-6,10,15H,3,7H2,1-2H3. The Morgan fingerprint density at radius 1 is 1.47 bits per heavy atom. The van der Waals surface area contributed by atoms with E-state index in [4.69, 9.17) is 4.74 Å². The molecule has 1 saturated heterocycles. The van der Waals surface area contributed by atoms with E-state index in [1.165, 1.54) is 24.1 Å². The van der Waals surface area contributed by atoms with Crippen molar-refractivity contribution >= 4 is 17.5 Å². The molecule has 0 spiro atoms. The second-order valence-corrected chi connectivity index (χ2v) is 4.23. The van der Waals surface area contributed by atoms with Gasteiger partial charge in [0.15, 0.2) is 11.6 Å². The highest BCUT2D eigenvalue weighted by Crippen LogP contribution is 2.23. The van der Waals surface area contributed by atoms with Gasteiger partial charge in [0.2, 0.25) is 5.91 Å². The quantitative estimate of drug-likeness (QED) is 0.837. The number of likely N-dealkylation sites (tertiary alicyclic amines) is 1. The van der Waals surface area contributed by atoms with Crippen molar-refractivity contribution < 1.29 is 18.7 Å². The molecule has 102 valence electrons. The normalized spacial score (nSPS) is 18.9. The number of hydrogen-bond acceptors (Lipinski definition) is 4. The van der Waals surface area contributed by atoms with Crippen LogP contribution in [0.15, 0.2) is 18.2 Å². The third-order valence-electron chi connectivity index (χ3n) is 3.05. The summed E-state index contributed by atoms with van der Waals surface area (Å²) in [6, 6.07) is 3.69. The van der Waals surface area contributed by atoms with Gasteiger partial charge in [0.25, 0.3) is 5.91 Å². The summed E-state index contributed by atoms with van der Waals surface area (Å²) in [5.74, 6) is -0.867. The van der Waals surface area contributed by atoms with Crippen LogP contribution in [0.3, 0.4) is 0 Å². The molecule has 1 fully saturated rings. The number of likely N-dealkylation sites (N-methyl/N-ethyl adjacent to an activating group) is 1. The number of anilines is 1. The number of carbonyl (C=O) groups is 2. The first-order valence-corrected chi connectivity index (χ1v) is 6.01. The third-order valence-corrected chi connectivity index (χ3v) is 3.05. The van der Waals surface area contributed by atoms with E-state index >= 15 is 0 Å². The van der Waals surface area contributed by atoms with Crippen LogP contribution in [-0.4, -0.2) is 36.4 Å². The van der Waals surface area contributed by atoms with Crippen LogP contribution in [-0.2, 0) is 9.59 Å². The maximum atomic E-state index is 13.5. The number of halogens is 1. The van der Waals surface area contributed by atoms with E-state index in [0.717, 1.165) is 0 Å². The Labute approximate surface area is 110 Å². The van der Waals surface area contributed by atoms with E-state index in [1.807, 2.05) is 0 Å². The van der Waals surface area contributed by atoms with Crippen molar-refractivity contribution in [2.45, 2.75) is 19.4 Å². The average Bonchev–Trinajstić information content (AvgIpc) is 2.64. The highest BCUT2D eigenvalue weighted by atomic mass is 19.1. The molecule has 2 rings (SSSR count). The van der Waals surface area contributed by atoms with Gasteiger partial charge < -0.3 is 10.1 Å². The zero-order valence-corrected chi connectivity index (χ0v) is 10.8. The second-order valence-electron chi connectivity index (χ2n) is 4.23. The lowest BCUT2D eigenvalue weighted by Crippen LogP contribution is -2.34. The Balaban J connectivity index is 2.12. The van der Waals surface area contributed by atoms with Crippen molar-refractivity contribution in [3.63, 3.8) is 0 Å². The minimum atomic E-state index is -0.625. The second kappa shape index (κ2) is 5.26. The first-order valence-electron chi connectivity index (χ1n) is 6.01. The van der Waals surface area contributed by atoms with E-state index in [9.17, 15) is 14.0 Å².